The molecule has 0 spiro atoms. The van der Waals surface area contributed by atoms with Crippen LogP contribution in [0.1, 0.15) is 31.0 Å². The number of hydrogen-bond acceptors (Lipinski definition) is 6. The van der Waals surface area contributed by atoms with E-state index in [-0.39, 0.29) is 5.03 Å². The number of anilines is 2. The second-order valence-electron chi connectivity index (χ2n) is 8.05. The van der Waals surface area contributed by atoms with Crippen molar-refractivity contribution >= 4 is 21.7 Å². The third-order valence-corrected chi connectivity index (χ3v) is 7.11. The summed E-state index contributed by atoms with van der Waals surface area (Å²) in [5.41, 5.74) is 4.59. The molecule has 1 N–H and O–H groups in total. The highest BCUT2D eigenvalue weighted by atomic mass is 32.2. The van der Waals surface area contributed by atoms with Gasteiger partial charge in [0.1, 0.15) is 0 Å². The third-order valence-electron chi connectivity index (χ3n) is 5.84. The number of nitrogens with one attached hydrogen (secondary N) is 1. The van der Waals surface area contributed by atoms with Gasteiger partial charge in [-0.3, -0.25) is 4.72 Å². The molecule has 0 amide bonds. The van der Waals surface area contributed by atoms with Crippen molar-refractivity contribution in [2.45, 2.75) is 43.7 Å². The van der Waals surface area contributed by atoms with Crippen LogP contribution >= 0.6 is 0 Å². The maximum Gasteiger partial charge on any atom is 0.280 e. The molecule has 8 nitrogen and oxygen atoms in total. The molecule has 3 aromatic rings. The smallest absolute Gasteiger partial charge is 0.280 e. The van der Waals surface area contributed by atoms with Gasteiger partial charge in [-0.15, -0.1) is 0 Å². The van der Waals surface area contributed by atoms with Crippen LogP contribution in [0, 0.1) is 0 Å². The first kappa shape index (κ1) is 19.0. The number of fused-ring (bicyclic) bond motifs is 1. The predicted octanol–water partition coefficient (Wildman–Crippen LogP) is 2.77. The van der Waals surface area contributed by atoms with E-state index in [2.05, 4.69) is 21.5 Å². The van der Waals surface area contributed by atoms with Gasteiger partial charge in [-0.2, -0.15) is 8.42 Å². The predicted molar refractivity (Wildman–Crippen MR) is 115 cm³/mol. The van der Waals surface area contributed by atoms with Gasteiger partial charge in [0, 0.05) is 48.3 Å². The average Bonchev–Trinajstić information content (AvgIpc) is 3.35. The van der Waals surface area contributed by atoms with Crippen molar-refractivity contribution < 1.29 is 8.42 Å². The quantitative estimate of drug-likeness (QED) is 0.677. The molecule has 0 bridgehead atoms. The van der Waals surface area contributed by atoms with Crippen molar-refractivity contribution in [3.05, 3.63) is 48.0 Å². The van der Waals surface area contributed by atoms with Crippen LogP contribution in [-0.2, 0) is 29.9 Å². The molecule has 5 rings (SSSR count). The Hall–Kier alpha value is -2.94. The average molecular weight is 425 g/mol. The van der Waals surface area contributed by atoms with Crippen molar-refractivity contribution in [3.63, 3.8) is 0 Å². The lowest BCUT2D eigenvalue weighted by Crippen LogP contribution is -2.46. The standard InChI is InChI=1S/C21H24N6O2S/c1-14-9-10-27(14)21-23-18-8-4-7-17(18)20(24-21)15-5-3-6-16(11-15)25-30(28,29)19-12-26(2)13-22-19/h3,5-6,11-14,25H,4,7-10H2,1-2H3. The first-order chi connectivity index (χ1) is 14.4. The lowest BCUT2D eigenvalue weighted by atomic mass is 10.0. The monoisotopic (exact) mass is 424 g/mol. The Bertz CT molecular complexity index is 1220. The fourth-order valence-electron chi connectivity index (χ4n) is 4.07. The maximum absolute atomic E-state index is 12.7. The molecule has 9 heteroatoms. The number of nitrogens with zero attached hydrogens (tertiary/aromatic N) is 5. The van der Waals surface area contributed by atoms with Gasteiger partial charge in [0.15, 0.2) is 5.03 Å². The van der Waals surface area contributed by atoms with Crippen molar-refractivity contribution in [1.29, 1.82) is 0 Å². The Balaban J connectivity index is 1.51. The van der Waals surface area contributed by atoms with E-state index in [1.54, 1.807) is 17.7 Å². The molecule has 2 aromatic heterocycles. The summed E-state index contributed by atoms with van der Waals surface area (Å²) < 4.78 is 29.6. The molecule has 1 unspecified atom stereocenters. The second-order valence-corrected chi connectivity index (χ2v) is 9.68. The molecule has 1 aliphatic carbocycles. The summed E-state index contributed by atoms with van der Waals surface area (Å²) in [4.78, 5) is 15.9. The zero-order valence-corrected chi connectivity index (χ0v) is 17.9. The minimum atomic E-state index is -3.75. The topological polar surface area (TPSA) is 93.0 Å². The fraction of sp³-hybridized carbons (Fsp3) is 0.381. The summed E-state index contributed by atoms with van der Waals surface area (Å²) in [5.74, 6) is 0.781. The lowest BCUT2D eigenvalue weighted by molar-refractivity contribution is 0.470. The van der Waals surface area contributed by atoms with E-state index in [0.717, 1.165) is 55.1 Å². The highest BCUT2D eigenvalue weighted by molar-refractivity contribution is 7.92. The summed E-state index contributed by atoms with van der Waals surface area (Å²) >= 11 is 0. The van der Waals surface area contributed by atoms with Crippen LogP contribution in [0.15, 0.2) is 41.8 Å². The van der Waals surface area contributed by atoms with E-state index < -0.39 is 10.0 Å². The number of sulfonamides is 1. The van der Waals surface area contributed by atoms with Crippen molar-refractivity contribution in [3.8, 4) is 11.3 Å². The Labute approximate surface area is 176 Å². The second kappa shape index (κ2) is 7.09. The highest BCUT2D eigenvalue weighted by Crippen LogP contribution is 2.34. The first-order valence-corrected chi connectivity index (χ1v) is 11.7. The van der Waals surface area contributed by atoms with Crippen LogP contribution < -0.4 is 9.62 Å². The van der Waals surface area contributed by atoms with E-state index in [0.29, 0.717) is 11.7 Å². The Kier molecular flexibility index (Phi) is 4.50. The molecule has 0 saturated carbocycles. The van der Waals surface area contributed by atoms with E-state index in [1.165, 1.54) is 18.1 Å². The number of hydrogen-bond donors (Lipinski definition) is 1. The van der Waals surface area contributed by atoms with Gasteiger partial charge in [0.05, 0.1) is 12.0 Å². The largest absolute Gasteiger partial charge is 0.339 e. The molecule has 1 aromatic carbocycles. The molecule has 1 atom stereocenters. The number of rotatable bonds is 5. The fourth-order valence-corrected chi connectivity index (χ4v) is 5.10. The Morgan fingerprint density at radius 1 is 1.20 bits per heavy atom. The molecular formula is C21H24N6O2S. The van der Waals surface area contributed by atoms with Crippen LogP contribution in [0.3, 0.4) is 0 Å². The van der Waals surface area contributed by atoms with Crippen molar-refractivity contribution in [2.75, 3.05) is 16.2 Å². The first-order valence-electron chi connectivity index (χ1n) is 10.2. The van der Waals surface area contributed by atoms with E-state index in [1.807, 2.05) is 18.2 Å². The number of aryl methyl sites for hydroxylation is 2. The molecule has 0 radical (unpaired) electrons. The molecule has 1 fully saturated rings. The van der Waals surface area contributed by atoms with E-state index >= 15 is 0 Å². The van der Waals surface area contributed by atoms with Gasteiger partial charge in [-0.05, 0) is 44.7 Å². The summed E-state index contributed by atoms with van der Waals surface area (Å²) in [6.45, 7) is 3.16. The SMILES string of the molecule is CC1CCN1c1nc2c(c(-c3cccc(NS(=O)(=O)c4cn(C)cn4)c3)n1)CCC2. The summed E-state index contributed by atoms with van der Waals surface area (Å²) in [6, 6.07) is 7.85. The Morgan fingerprint density at radius 2 is 2.07 bits per heavy atom. The van der Waals surface area contributed by atoms with Gasteiger partial charge < -0.3 is 9.47 Å². The van der Waals surface area contributed by atoms with Gasteiger partial charge in [0.25, 0.3) is 10.0 Å². The minimum Gasteiger partial charge on any atom is -0.339 e. The van der Waals surface area contributed by atoms with Crippen LogP contribution in [-0.4, -0.2) is 40.5 Å². The van der Waals surface area contributed by atoms with E-state index in [9.17, 15) is 8.42 Å². The van der Waals surface area contributed by atoms with Crippen LogP contribution in [0.25, 0.3) is 11.3 Å². The third kappa shape index (κ3) is 3.32. The number of benzene rings is 1. The maximum atomic E-state index is 12.7. The van der Waals surface area contributed by atoms with Crippen molar-refractivity contribution in [2.24, 2.45) is 7.05 Å². The zero-order valence-electron chi connectivity index (χ0n) is 17.0. The molecule has 1 saturated heterocycles. The van der Waals surface area contributed by atoms with E-state index in [4.69, 9.17) is 9.97 Å². The molecule has 3 heterocycles. The normalized spacial score (nSPS) is 18.2. The number of imidazole rings is 1. The zero-order chi connectivity index (χ0) is 20.9. The van der Waals surface area contributed by atoms with Gasteiger partial charge >= 0.3 is 0 Å². The summed E-state index contributed by atoms with van der Waals surface area (Å²) in [6.07, 6.45) is 7.08. The van der Waals surface area contributed by atoms with Crippen LogP contribution in [0.4, 0.5) is 11.6 Å². The van der Waals surface area contributed by atoms with Crippen LogP contribution in [0.5, 0.6) is 0 Å². The molecule has 30 heavy (non-hydrogen) atoms. The summed E-state index contributed by atoms with van der Waals surface area (Å²) in [5, 5.41) is -0.00705. The van der Waals surface area contributed by atoms with Crippen molar-refractivity contribution in [1.82, 2.24) is 19.5 Å². The van der Waals surface area contributed by atoms with Gasteiger partial charge in [-0.1, -0.05) is 12.1 Å². The molecule has 2 aliphatic rings. The minimum absolute atomic E-state index is 0.00705. The Morgan fingerprint density at radius 3 is 2.77 bits per heavy atom. The van der Waals surface area contributed by atoms with Gasteiger partial charge in [0.2, 0.25) is 5.95 Å². The number of aromatic nitrogens is 4. The summed E-state index contributed by atoms with van der Waals surface area (Å²) in [7, 11) is -2.01. The highest BCUT2D eigenvalue weighted by Gasteiger charge is 2.29. The lowest BCUT2D eigenvalue weighted by Gasteiger charge is -2.39. The molecule has 1 aliphatic heterocycles. The van der Waals surface area contributed by atoms with Crippen LogP contribution in [0.2, 0.25) is 0 Å². The van der Waals surface area contributed by atoms with Gasteiger partial charge in [-0.25, -0.2) is 15.0 Å². The molecular weight excluding hydrogens is 400 g/mol. The molecule has 156 valence electrons.